The Morgan fingerprint density at radius 3 is 3.00 bits per heavy atom. The van der Waals surface area contributed by atoms with Gasteiger partial charge in [0, 0.05) is 17.8 Å². The summed E-state index contributed by atoms with van der Waals surface area (Å²) >= 11 is 0. The summed E-state index contributed by atoms with van der Waals surface area (Å²) in [6.45, 7) is 0. The number of aromatic nitrogens is 4. The largest absolute Gasteiger partial charge is 0.318 e. The Morgan fingerprint density at radius 1 is 1.24 bits per heavy atom. The van der Waals surface area contributed by atoms with Gasteiger partial charge < -0.3 is 5.73 Å². The molecule has 0 aliphatic heterocycles. The van der Waals surface area contributed by atoms with Gasteiger partial charge in [-0.2, -0.15) is 5.10 Å². The smallest absolute Gasteiger partial charge is 0.145 e. The first-order valence-electron chi connectivity index (χ1n) is 5.30. The van der Waals surface area contributed by atoms with E-state index < -0.39 is 0 Å². The van der Waals surface area contributed by atoms with Gasteiger partial charge in [0.05, 0.1) is 6.04 Å². The minimum atomic E-state index is -0.314. The zero-order valence-electron chi connectivity index (χ0n) is 9.04. The van der Waals surface area contributed by atoms with E-state index in [0.717, 1.165) is 16.3 Å². The average Bonchev–Trinajstić information content (AvgIpc) is 2.91. The summed E-state index contributed by atoms with van der Waals surface area (Å²) in [5.74, 6) is 0.654. The van der Waals surface area contributed by atoms with Crippen LogP contribution in [0.25, 0.3) is 10.8 Å². The van der Waals surface area contributed by atoms with E-state index >= 15 is 0 Å². The number of nitrogens with zero attached hydrogens (tertiary/aromatic N) is 3. The lowest BCUT2D eigenvalue weighted by Gasteiger charge is -2.11. The second kappa shape index (κ2) is 3.95. The van der Waals surface area contributed by atoms with Gasteiger partial charge in [0.25, 0.3) is 0 Å². The second-order valence-electron chi connectivity index (χ2n) is 3.79. The van der Waals surface area contributed by atoms with Crippen LogP contribution in [0, 0.1) is 0 Å². The molecule has 3 N–H and O–H groups in total. The summed E-state index contributed by atoms with van der Waals surface area (Å²) < 4.78 is 0. The van der Waals surface area contributed by atoms with Crippen LogP contribution in [0.5, 0.6) is 0 Å². The third-order valence-electron chi connectivity index (χ3n) is 2.78. The van der Waals surface area contributed by atoms with Crippen LogP contribution >= 0.6 is 0 Å². The zero-order chi connectivity index (χ0) is 11.7. The summed E-state index contributed by atoms with van der Waals surface area (Å²) in [6, 6.07) is 7.65. The van der Waals surface area contributed by atoms with E-state index in [4.69, 9.17) is 5.73 Å². The molecule has 0 saturated carbocycles. The lowest BCUT2D eigenvalue weighted by atomic mass is 10.0. The van der Waals surface area contributed by atoms with Gasteiger partial charge >= 0.3 is 0 Å². The third-order valence-corrected chi connectivity index (χ3v) is 2.78. The van der Waals surface area contributed by atoms with Crippen molar-refractivity contribution in [3.8, 4) is 0 Å². The highest BCUT2D eigenvalue weighted by molar-refractivity contribution is 5.85. The summed E-state index contributed by atoms with van der Waals surface area (Å²) in [6.07, 6.45) is 5.05. The predicted molar refractivity (Wildman–Crippen MR) is 64.2 cm³/mol. The number of nitrogens with one attached hydrogen (secondary N) is 1. The molecule has 5 nitrogen and oxygen atoms in total. The molecule has 0 aliphatic carbocycles. The molecule has 1 unspecified atom stereocenters. The maximum Gasteiger partial charge on any atom is 0.145 e. The predicted octanol–water partition coefficient (Wildman–Crippen LogP) is 1.40. The number of rotatable bonds is 2. The molecule has 0 saturated heterocycles. The lowest BCUT2D eigenvalue weighted by molar-refractivity contribution is 0.793. The first-order chi connectivity index (χ1) is 8.36. The molecule has 1 aromatic carbocycles. The van der Waals surface area contributed by atoms with Crippen molar-refractivity contribution in [2.45, 2.75) is 6.04 Å². The van der Waals surface area contributed by atoms with Crippen molar-refractivity contribution in [3.63, 3.8) is 0 Å². The molecule has 2 aromatic heterocycles. The molecule has 0 fully saturated rings. The Labute approximate surface area is 97.7 Å². The number of pyridine rings is 1. The van der Waals surface area contributed by atoms with Crippen LogP contribution in [0.2, 0.25) is 0 Å². The molecule has 3 rings (SSSR count). The summed E-state index contributed by atoms with van der Waals surface area (Å²) in [7, 11) is 0. The fraction of sp³-hybridized carbons (Fsp3) is 0.0833. The van der Waals surface area contributed by atoms with Crippen molar-refractivity contribution in [3.05, 3.63) is 54.4 Å². The first kappa shape index (κ1) is 9.92. The normalized spacial score (nSPS) is 12.8. The molecule has 0 radical (unpaired) electrons. The number of H-pyrrole nitrogens is 1. The zero-order valence-corrected chi connectivity index (χ0v) is 9.04. The quantitative estimate of drug-likeness (QED) is 0.690. The van der Waals surface area contributed by atoms with Gasteiger partial charge in [0.2, 0.25) is 0 Å². The van der Waals surface area contributed by atoms with Crippen LogP contribution in [0.1, 0.15) is 17.4 Å². The minimum Gasteiger partial charge on any atom is -0.318 e. The van der Waals surface area contributed by atoms with Crippen molar-refractivity contribution in [1.82, 2.24) is 20.2 Å². The fourth-order valence-electron chi connectivity index (χ4n) is 1.92. The summed E-state index contributed by atoms with van der Waals surface area (Å²) in [4.78, 5) is 8.22. The Kier molecular flexibility index (Phi) is 2.31. The van der Waals surface area contributed by atoms with Crippen LogP contribution in [0.3, 0.4) is 0 Å². The van der Waals surface area contributed by atoms with Crippen molar-refractivity contribution >= 4 is 10.8 Å². The molecule has 0 spiro atoms. The molecule has 0 amide bonds. The van der Waals surface area contributed by atoms with E-state index in [1.165, 1.54) is 6.33 Å². The highest BCUT2D eigenvalue weighted by Gasteiger charge is 2.14. The van der Waals surface area contributed by atoms with Crippen LogP contribution < -0.4 is 5.73 Å². The van der Waals surface area contributed by atoms with Gasteiger partial charge in [-0.25, -0.2) is 4.98 Å². The van der Waals surface area contributed by atoms with E-state index in [9.17, 15) is 0 Å². The van der Waals surface area contributed by atoms with Gasteiger partial charge in [-0.1, -0.05) is 18.2 Å². The summed E-state index contributed by atoms with van der Waals surface area (Å²) in [5.41, 5.74) is 7.16. The lowest BCUT2D eigenvalue weighted by Crippen LogP contribution is -2.14. The highest BCUT2D eigenvalue weighted by Crippen LogP contribution is 2.24. The van der Waals surface area contributed by atoms with E-state index in [1.54, 1.807) is 6.20 Å². The van der Waals surface area contributed by atoms with E-state index in [0.29, 0.717) is 5.82 Å². The van der Waals surface area contributed by atoms with Gasteiger partial charge in [-0.05, 0) is 17.0 Å². The topological polar surface area (TPSA) is 80.5 Å². The van der Waals surface area contributed by atoms with Crippen molar-refractivity contribution in [1.29, 1.82) is 0 Å². The maximum atomic E-state index is 6.17. The van der Waals surface area contributed by atoms with Crippen molar-refractivity contribution in [2.75, 3.05) is 0 Å². The Bertz CT molecular complexity index is 627. The van der Waals surface area contributed by atoms with Gasteiger partial charge in [-0.15, -0.1) is 0 Å². The molecule has 2 heterocycles. The van der Waals surface area contributed by atoms with Crippen LogP contribution in [0.15, 0.2) is 43.0 Å². The maximum absolute atomic E-state index is 6.17. The Hall–Kier alpha value is -2.27. The third kappa shape index (κ3) is 1.66. The number of hydrogen-bond donors (Lipinski definition) is 2. The molecule has 5 heteroatoms. The van der Waals surface area contributed by atoms with Crippen LogP contribution in [0.4, 0.5) is 0 Å². The van der Waals surface area contributed by atoms with Gasteiger partial charge in [0.15, 0.2) is 0 Å². The number of aromatic amines is 1. The van der Waals surface area contributed by atoms with Crippen LogP contribution in [-0.4, -0.2) is 20.2 Å². The molecule has 84 valence electrons. The fourth-order valence-corrected chi connectivity index (χ4v) is 1.92. The molecule has 1 atom stereocenters. The van der Waals surface area contributed by atoms with Gasteiger partial charge in [-0.3, -0.25) is 10.1 Å². The van der Waals surface area contributed by atoms with Crippen molar-refractivity contribution in [2.24, 2.45) is 5.73 Å². The highest BCUT2D eigenvalue weighted by atomic mass is 15.2. The monoisotopic (exact) mass is 225 g/mol. The van der Waals surface area contributed by atoms with Crippen molar-refractivity contribution < 1.29 is 0 Å². The first-order valence-corrected chi connectivity index (χ1v) is 5.30. The van der Waals surface area contributed by atoms with E-state index in [-0.39, 0.29) is 6.04 Å². The molecular weight excluding hydrogens is 214 g/mol. The molecule has 0 bridgehead atoms. The van der Waals surface area contributed by atoms with Gasteiger partial charge in [0.1, 0.15) is 12.2 Å². The minimum absolute atomic E-state index is 0.314. The number of benzene rings is 1. The molecular formula is C12H11N5. The van der Waals surface area contributed by atoms with E-state index in [1.807, 2.05) is 30.5 Å². The molecule has 0 aliphatic rings. The standard InChI is InChI=1S/C12H11N5/c13-11(12-15-7-16-17-12)9-3-1-2-8-4-5-14-6-10(8)9/h1-7,11H,13H2,(H,15,16,17). The van der Waals surface area contributed by atoms with Crippen LogP contribution in [-0.2, 0) is 0 Å². The number of nitrogens with two attached hydrogens (primary N) is 1. The number of fused-ring (bicyclic) bond motifs is 1. The van der Waals surface area contributed by atoms with E-state index in [2.05, 4.69) is 20.2 Å². The molecule has 17 heavy (non-hydrogen) atoms. The summed E-state index contributed by atoms with van der Waals surface area (Å²) in [5, 5.41) is 8.77. The average molecular weight is 225 g/mol. The second-order valence-corrected chi connectivity index (χ2v) is 3.79. The SMILES string of the molecule is NC(c1ncn[nH]1)c1cccc2ccncc12. The Morgan fingerprint density at radius 2 is 2.18 bits per heavy atom. The number of hydrogen-bond acceptors (Lipinski definition) is 4. The molecule has 3 aromatic rings. The Balaban J connectivity index is 2.17.